The maximum Gasteiger partial charge on any atom is 0.374 e. The standard InChI is InChI=1S/C13H11ClFNO3/c1-18-13(17)12-8(4-5-19-12)7-16-11-3-2-9(15)6-10(11)14/h2-6,16H,7H2,1H3. The lowest BCUT2D eigenvalue weighted by atomic mass is 10.2. The average Bonchev–Trinajstić information content (AvgIpc) is 2.85. The number of carbonyl (C=O) groups is 1. The molecule has 2 rings (SSSR count). The molecule has 0 saturated carbocycles. The summed E-state index contributed by atoms with van der Waals surface area (Å²) in [6, 6.07) is 5.68. The lowest BCUT2D eigenvalue weighted by Gasteiger charge is -2.08. The maximum absolute atomic E-state index is 12.9. The molecule has 0 unspecified atom stereocenters. The summed E-state index contributed by atoms with van der Waals surface area (Å²) in [5.41, 5.74) is 1.20. The molecule has 0 spiro atoms. The Bertz CT molecular complexity index is 597. The summed E-state index contributed by atoms with van der Waals surface area (Å²) in [5.74, 6) is -0.825. The van der Waals surface area contributed by atoms with Gasteiger partial charge < -0.3 is 14.5 Å². The Morgan fingerprint density at radius 1 is 1.47 bits per heavy atom. The monoisotopic (exact) mass is 283 g/mol. The molecule has 100 valence electrons. The molecule has 0 radical (unpaired) electrons. The average molecular weight is 284 g/mol. The Morgan fingerprint density at radius 3 is 2.95 bits per heavy atom. The van der Waals surface area contributed by atoms with Crippen molar-refractivity contribution in [3.8, 4) is 0 Å². The zero-order chi connectivity index (χ0) is 13.8. The molecule has 0 amide bonds. The molecule has 0 fully saturated rings. The van der Waals surface area contributed by atoms with Crippen LogP contribution in [0.2, 0.25) is 5.02 Å². The number of rotatable bonds is 4. The highest BCUT2D eigenvalue weighted by molar-refractivity contribution is 6.33. The molecule has 1 aromatic heterocycles. The first-order chi connectivity index (χ1) is 9.11. The minimum atomic E-state index is -0.549. The van der Waals surface area contributed by atoms with Crippen LogP contribution in [0.15, 0.2) is 34.9 Å². The van der Waals surface area contributed by atoms with Gasteiger partial charge in [-0.1, -0.05) is 11.6 Å². The van der Waals surface area contributed by atoms with Gasteiger partial charge in [0.2, 0.25) is 5.76 Å². The number of nitrogens with one attached hydrogen (secondary N) is 1. The van der Waals surface area contributed by atoms with Crippen molar-refractivity contribution in [2.75, 3.05) is 12.4 Å². The molecular weight excluding hydrogens is 273 g/mol. The molecule has 0 atom stereocenters. The van der Waals surface area contributed by atoms with Gasteiger partial charge in [-0.15, -0.1) is 0 Å². The number of halogens is 2. The summed E-state index contributed by atoms with van der Waals surface area (Å²) < 4.78 is 22.5. The number of hydrogen-bond acceptors (Lipinski definition) is 4. The highest BCUT2D eigenvalue weighted by Gasteiger charge is 2.15. The zero-order valence-corrected chi connectivity index (χ0v) is 10.8. The van der Waals surface area contributed by atoms with Crippen molar-refractivity contribution in [3.05, 3.63) is 52.7 Å². The Labute approximate surface area is 114 Å². The molecule has 0 aliphatic carbocycles. The van der Waals surface area contributed by atoms with Gasteiger partial charge in [0.1, 0.15) is 5.82 Å². The number of hydrogen-bond donors (Lipinski definition) is 1. The normalized spacial score (nSPS) is 10.3. The molecule has 1 heterocycles. The second kappa shape index (κ2) is 5.75. The van der Waals surface area contributed by atoms with Crippen molar-refractivity contribution < 1.29 is 18.3 Å². The van der Waals surface area contributed by atoms with Gasteiger partial charge in [0.25, 0.3) is 0 Å². The third kappa shape index (κ3) is 3.06. The Morgan fingerprint density at radius 2 is 2.26 bits per heavy atom. The molecule has 0 saturated heterocycles. The van der Waals surface area contributed by atoms with E-state index in [0.717, 1.165) is 0 Å². The van der Waals surface area contributed by atoms with Crippen LogP contribution >= 0.6 is 11.6 Å². The van der Waals surface area contributed by atoms with E-state index in [2.05, 4.69) is 10.1 Å². The first-order valence-electron chi connectivity index (χ1n) is 5.45. The molecule has 0 aliphatic heterocycles. The Hall–Kier alpha value is -2.01. The van der Waals surface area contributed by atoms with Crippen molar-refractivity contribution in [2.45, 2.75) is 6.54 Å². The summed E-state index contributed by atoms with van der Waals surface area (Å²) in [7, 11) is 1.28. The third-order valence-electron chi connectivity index (χ3n) is 2.52. The SMILES string of the molecule is COC(=O)c1occc1CNc1ccc(F)cc1Cl. The van der Waals surface area contributed by atoms with Crippen molar-refractivity contribution >= 4 is 23.3 Å². The Balaban J connectivity index is 2.10. The van der Waals surface area contributed by atoms with Crippen LogP contribution in [0.4, 0.5) is 10.1 Å². The highest BCUT2D eigenvalue weighted by atomic mass is 35.5. The molecular formula is C13H11ClFNO3. The van der Waals surface area contributed by atoms with Gasteiger partial charge in [0, 0.05) is 12.1 Å². The second-order valence-electron chi connectivity index (χ2n) is 3.74. The van der Waals surface area contributed by atoms with E-state index in [0.29, 0.717) is 17.8 Å². The van der Waals surface area contributed by atoms with Crippen molar-refractivity contribution in [1.29, 1.82) is 0 Å². The van der Waals surface area contributed by atoms with E-state index >= 15 is 0 Å². The van der Waals surface area contributed by atoms with Crippen LogP contribution in [-0.4, -0.2) is 13.1 Å². The quantitative estimate of drug-likeness (QED) is 0.873. The van der Waals surface area contributed by atoms with Crippen LogP contribution in [0.25, 0.3) is 0 Å². The number of methoxy groups -OCH3 is 1. The zero-order valence-electron chi connectivity index (χ0n) is 10.1. The number of anilines is 1. The first kappa shape index (κ1) is 13.4. The topological polar surface area (TPSA) is 51.5 Å². The first-order valence-corrected chi connectivity index (χ1v) is 5.83. The van der Waals surface area contributed by atoms with Crippen LogP contribution < -0.4 is 5.32 Å². The van der Waals surface area contributed by atoms with Gasteiger partial charge in [0.05, 0.1) is 24.1 Å². The van der Waals surface area contributed by atoms with Gasteiger partial charge in [-0.2, -0.15) is 0 Å². The highest BCUT2D eigenvalue weighted by Crippen LogP contribution is 2.23. The fourth-order valence-electron chi connectivity index (χ4n) is 1.57. The third-order valence-corrected chi connectivity index (χ3v) is 2.83. The minimum Gasteiger partial charge on any atom is -0.463 e. The van der Waals surface area contributed by atoms with Gasteiger partial charge in [-0.3, -0.25) is 0 Å². The van der Waals surface area contributed by atoms with E-state index in [4.69, 9.17) is 16.0 Å². The van der Waals surface area contributed by atoms with E-state index < -0.39 is 11.8 Å². The summed E-state index contributed by atoms with van der Waals surface area (Å²) in [6.45, 7) is 0.312. The van der Waals surface area contributed by atoms with Gasteiger partial charge >= 0.3 is 5.97 Å². The van der Waals surface area contributed by atoms with Gasteiger partial charge in [-0.05, 0) is 24.3 Å². The summed E-state index contributed by atoms with van der Waals surface area (Å²) in [6.07, 6.45) is 1.40. The van der Waals surface area contributed by atoms with Crippen molar-refractivity contribution in [3.63, 3.8) is 0 Å². The number of ether oxygens (including phenoxy) is 1. The molecule has 1 aromatic carbocycles. The van der Waals surface area contributed by atoms with Crippen LogP contribution in [0.5, 0.6) is 0 Å². The molecule has 4 nitrogen and oxygen atoms in total. The minimum absolute atomic E-state index is 0.133. The van der Waals surface area contributed by atoms with Crippen LogP contribution in [-0.2, 0) is 11.3 Å². The molecule has 2 aromatic rings. The van der Waals surface area contributed by atoms with Crippen molar-refractivity contribution in [1.82, 2.24) is 0 Å². The van der Waals surface area contributed by atoms with Crippen molar-refractivity contribution in [2.24, 2.45) is 0 Å². The second-order valence-corrected chi connectivity index (χ2v) is 4.15. The van der Waals surface area contributed by atoms with Gasteiger partial charge in [0.15, 0.2) is 0 Å². The van der Waals surface area contributed by atoms with E-state index in [1.54, 1.807) is 6.07 Å². The van der Waals surface area contributed by atoms with E-state index in [1.165, 1.54) is 31.6 Å². The lowest BCUT2D eigenvalue weighted by Crippen LogP contribution is -2.07. The number of benzene rings is 1. The summed E-state index contributed by atoms with van der Waals surface area (Å²) in [4.78, 5) is 11.4. The molecule has 6 heteroatoms. The fraction of sp³-hybridized carbons (Fsp3) is 0.154. The number of carbonyl (C=O) groups excluding carboxylic acids is 1. The maximum atomic E-state index is 12.9. The largest absolute Gasteiger partial charge is 0.463 e. The van der Waals surface area contributed by atoms with E-state index in [1.807, 2.05) is 0 Å². The summed E-state index contributed by atoms with van der Waals surface area (Å²) in [5, 5.41) is 3.26. The van der Waals surface area contributed by atoms with Gasteiger partial charge in [-0.25, -0.2) is 9.18 Å². The smallest absolute Gasteiger partial charge is 0.374 e. The fourth-order valence-corrected chi connectivity index (χ4v) is 1.80. The van der Waals surface area contributed by atoms with E-state index in [-0.39, 0.29) is 10.8 Å². The molecule has 0 aliphatic rings. The van der Waals surface area contributed by atoms with Crippen LogP contribution in [0.1, 0.15) is 16.1 Å². The number of esters is 1. The van der Waals surface area contributed by atoms with Crippen LogP contribution in [0, 0.1) is 5.82 Å². The molecule has 1 N–H and O–H groups in total. The Kier molecular flexibility index (Phi) is 4.06. The summed E-state index contributed by atoms with van der Waals surface area (Å²) >= 11 is 5.88. The lowest BCUT2D eigenvalue weighted by molar-refractivity contribution is 0.0563. The molecule has 19 heavy (non-hydrogen) atoms. The number of furan rings is 1. The predicted molar refractivity (Wildman–Crippen MR) is 68.8 cm³/mol. The van der Waals surface area contributed by atoms with E-state index in [9.17, 15) is 9.18 Å². The predicted octanol–water partition coefficient (Wildman–Crippen LogP) is 3.47. The molecule has 0 bridgehead atoms. The van der Waals surface area contributed by atoms with Crippen LogP contribution in [0.3, 0.4) is 0 Å².